The molecule has 5 aromatic carbocycles. The molecule has 7 rings (SSSR count). The van der Waals surface area contributed by atoms with Gasteiger partial charge in [-0.3, -0.25) is 9.36 Å². The summed E-state index contributed by atoms with van der Waals surface area (Å²) in [5.41, 5.74) is 3.08. The van der Waals surface area contributed by atoms with Crippen LogP contribution in [0.5, 0.6) is 0 Å². The first kappa shape index (κ1) is 38.6. The molecule has 0 fully saturated rings. The number of imidazole rings is 1. The molecule has 0 saturated heterocycles. The summed E-state index contributed by atoms with van der Waals surface area (Å²) >= 11 is 0. The molecule has 2 aromatic heterocycles. The number of rotatable bonds is 11. The van der Waals surface area contributed by atoms with E-state index in [4.69, 9.17) is 14.7 Å². The summed E-state index contributed by atoms with van der Waals surface area (Å²) in [4.78, 5) is 30.5. The van der Waals surface area contributed by atoms with Gasteiger partial charge in [-0.25, -0.2) is 14.5 Å². The number of hydrogen-bond acceptors (Lipinski definition) is 9. The lowest BCUT2D eigenvalue weighted by Gasteiger charge is -2.36. The van der Waals surface area contributed by atoms with Gasteiger partial charge in [-0.15, -0.1) is 5.10 Å². The maximum absolute atomic E-state index is 13.6. The van der Waals surface area contributed by atoms with Crippen LogP contribution in [-0.2, 0) is 25.4 Å². The molecule has 0 bridgehead atoms. The highest BCUT2D eigenvalue weighted by Gasteiger charge is 2.42. The van der Waals surface area contributed by atoms with E-state index in [0.717, 1.165) is 33.4 Å². The van der Waals surface area contributed by atoms with Crippen molar-refractivity contribution < 1.29 is 24.2 Å². The van der Waals surface area contributed by atoms with Crippen LogP contribution in [-0.4, -0.2) is 53.6 Å². The highest BCUT2D eigenvalue weighted by molar-refractivity contribution is 5.90. The van der Waals surface area contributed by atoms with Crippen molar-refractivity contribution in [3.05, 3.63) is 173 Å². The summed E-state index contributed by atoms with van der Waals surface area (Å²) in [5.74, 6) is -0.297. The molecule has 11 nitrogen and oxygen atoms in total. The highest BCUT2D eigenvalue weighted by Crippen LogP contribution is 2.43. The van der Waals surface area contributed by atoms with Gasteiger partial charge in [-0.1, -0.05) is 127 Å². The Kier molecular flexibility index (Phi) is 10.4. The van der Waals surface area contributed by atoms with Crippen molar-refractivity contribution in [3.8, 4) is 28.2 Å². The molecule has 0 spiro atoms. The molecule has 1 N–H and O–H groups in total. The molecule has 0 saturated carbocycles. The van der Waals surface area contributed by atoms with Gasteiger partial charge in [0.25, 0.3) is 0 Å². The molecule has 7 aromatic rings. The van der Waals surface area contributed by atoms with Crippen LogP contribution in [0.4, 0.5) is 0 Å². The van der Waals surface area contributed by atoms with E-state index >= 15 is 0 Å². The fourth-order valence-corrected chi connectivity index (χ4v) is 7.09. The van der Waals surface area contributed by atoms with E-state index in [1.165, 1.54) is 0 Å². The van der Waals surface area contributed by atoms with Crippen molar-refractivity contribution >= 4 is 11.9 Å². The van der Waals surface area contributed by atoms with Crippen molar-refractivity contribution in [3.63, 3.8) is 0 Å². The summed E-state index contributed by atoms with van der Waals surface area (Å²) < 4.78 is 14.1. The topological polar surface area (TPSA) is 134 Å². The monoisotopic (exact) mass is 760 g/mol. The largest absolute Gasteiger partial charge is 0.427 e. The van der Waals surface area contributed by atoms with Crippen molar-refractivity contribution in [2.24, 2.45) is 5.41 Å². The Morgan fingerprint density at radius 3 is 1.68 bits per heavy atom. The third-order valence-electron chi connectivity index (χ3n) is 9.78. The average molecular weight is 761 g/mol. The first-order valence-corrected chi connectivity index (χ1v) is 18.6. The number of carbonyl (C=O) groups is 2. The number of tetrazole rings is 1. The second-order valence-electron chi connectivity index (χ2n) is 15.3. The Morgan fingerprint density at radius 1 is 0.667 bits per heavy atom. The second kappa shape index (κ2) is 15.4. The Bertz CT molecular complexity index is 2400. The van der Waals surface area contributed by atoms with Crippen LogP contribution in [0.15, 0.2) is 140 Å². The molecule has 11 heteroatoms. The summed E-state index contributed by atoms with van der Waals surface area (Å²) in [6, 6.07) is 46.3. The van der Waals surface area contributed by atoms with Crippen molar-refractivity contribution in [2.75, 3.05) is 6.79 Å². The minimum absolute atomic E-state index is 0.0261. The number of ether oxygens (including phenoxy) is 2. The van der Waals surface area contributed by atoms with E-state index in [9.17, 15) is 14.7 Å². The lowest BCUT2D eigenvalue weighted by atomic mass is 9.77. The minimum Gasteiger partial charge on any atom is -0.427 e. The molecular weight excluding hydrogens is 717 g/mol. The summed E-state index contributed by atoms with van der Waals surface area (Å²) in [6.07, 6.45) is 0. The van der Waals surface area contributed by atoms with E-state index < -0.39 is 35.3 Å². The Hall–Kier alpha value is -6.72. The van der Waals surface area contributed by atoms with Gasteiger partial charge in [0.15, 0.2) is 11.5 Å². The number of aromatic nitrogens is 6. The SMILES string of the molecule is Cc1nc(C(C)(C)O)c(C(=O)OCOC(=O)C(C)(C)C)n1-c1ccc(-c2ccccc2-c2nnnn2C(c2ccccc2)(c2ccccc2)c2ccccc2)cc1. The van der Waals surface area contributed by atoms with Crippen molar-refractivity contribution in [1.82, 2.24) is 29.8 Å². The van der Waals surface area contributed by atoms with E-state index in [-0.39, 0.29) is 11.4 Å². The van der Waals surface area contributed by atoms with Gasteiger partial charge >= 0.3 is 11.9 Å². The predicted molar refractivity (Wildman–Crippen MR) is 216 cm³/mol. The Balaban J connectivity index is 1.32. The minimum atomic E-state index is -1.48. The predicted octanol–water partition coefficient (Wildman–Crippen LogP) is 8.27. The van der Waals surface area contributed by atoms with Crippen LogP contribution < -0.4 is 0 Å². The maximum Gasteiger partial charge on any atom is 0.360 e. The fourth-order valence-electron chi connectivity index (χ4n) is 7.09. The van der Waals surface area contributed by atoms with Gasteiger partial charge in [0.2, 0.25) is 6.79 Å². The van der Waals surface area contributed by atoms with Crippen molar-refractivity contribution in [2.45, 2.75) is 52.7 Å². The zero-order valence-corrected chi connectivity index (χ0v) is 32.7. The molecular formula is C46H44N6O5. The molecule has 288 valence electrons. The lowest BCUT2D eigenvalue weighted by Crippen LogP contribution is -2.39. The first-order valence-electron chi connectivity index (χ1n) is 18.6. The molecule has 0 aliphatic carbocycles. The summed E-state index contributed by atoms with van der Waals surface area (Å²) in [6.45, 7) is 9.38. The molecule has 0 atom stereocenters. The third-order valence-corrected chi connectivity index (χ3v) is 9.78. The number of hydrogen-bond donors (Lipinski definition) is 1. The molecule has 57 heavy (non-hydrogen) atoms. The van der Waals surface area contributed by atoms with Crippen LogP contribution in [0.1, 0.15) is 73.3 Å². The lowest BCUT2D eigenvalue weighted by molar-refractivity contribution is -0.161. The van der Waals surface area contributed by atoms with Crippen LogP contribution in [0.25, 0.3) is 28.2 Å². The van der Waals surface area contributed by atoms with E-state index in [1.54, 1.807) is 46.1 Å². The fraction of sp³-hybridized carbons (Fsp3) is 0.217. The van der Waals surface area contributed by atoms with E-state index in [0.29, 0.717) is 17.3 Å². The summed E-state index contributed by atoms with van der Waals surface area (Å²) in [7, 11) is 0. The number of carbonyl (C=O) groups excluding carboxylic acids is 2. The smallest absolute Gasteiger partial charge is 0.360 e. The first-order chi connectivity index (χ1) is 27.3. The number of aryl methyl sites for hydroxylation is 1. The third kappa shape index (κ3) is 7.37. The van der Waals surface area contributed by atoms with Gasteiger partial charge in [-0.05, 0) is 91.9 Å². The van der Waals surface area contributed by atoms with E-state index in [1.807, 2.05) is 108 Å². The molecule has 0 amide bonds. The second-order valence-corrected chi connectivity index (χ2v) is 15.3. The van der Waals surface area contributed by atoms with Crippen LogP contribution in [0.2, 0.25) is 0 Å². The van der Waals surface area contributed by atoms with E-state index in [2.05, 4.69) is 51.7 Å². The van der Waals surface area contributed by atoms with Crippen molar-refractivity contribution in [1.29, 1.82) is 0 Å². The van der Waals surface area contributed by atoms with Gasteiger partial charge < -0.3 is 14.6 Å². The summed E-state index contributed by atoms with van der Waals surface area (Å²) in [5, 5.41) is 24.8. The molecule has 0 aliphatic heterocycles. The van der Waals surface area contributed by atoms with Gasteiger partial charge in [0.05, 0.1) is 5.41 Å². The molecule has 0 aliphatic rings. The van der Waals surface area contributed by atoms with Crippen LogP contribution >= 0.6 is 0 Å². The maximum atomic E-state index is 13.6. The number of esters is 2. The van der Waals surface area contributed by atoms with Gasteiger partial charge in [0.1, 0.15) is 22.7 Å². The zero-order chi connectivity index (χ0) is 40.4. The Morgan fingerprint density at radius 2 is 1.18 bits per heavy atom. The number of nitrogens with zero attached hydrogens (tertiary/aromatic N) is 6. The normalized spacial score (nSPS) is 12.0. The molecule has 2 heterocycles. The standard InChI is InChI=1S/C46H44N6O5/c1-31-47-40(45(5,6)55)39(42(53)56-30-57-43(54)44(2,3)4)51(31)36-28-26-32(27-29-36)37-24-16-17-25-38(37)41-48-49-50-52(41)46(33-18-10-7-11-19-33,34-20-12-8-13-21-34)35-22-14-9-15-23-35/h7-29,55H,30H2,1-6H3. The van der Waals surface area contributed by atoms with Gasteiger partial charge in [0, 0.05) is 11.3 Å². The average Bonchev–Trinajstić information content (AvgIpc) is 3.84. The number of aliphatic hydroxyl groups is 1. The van der Waals surface area contributed by atoms with Crippen LogP contribution in [0.3, 0.4) is 0 Å². The molecule has 0 radical (unpaired) electrons. The zero-order valence-electron chi connectivity index (χ0n) is 32.7. The number of benzene rings is 5. The van der Waals surface area contributed by atoms with Gasteiger partial charge in [-0.2, -0.15) is 0 Å². The molecule has 0 unspecified atom stereocenters. The quantitative estimate of drug-likeness (QED) is 0.0786. The Labute approximate surface area is 331 Å². The highest BCUT2D eigenvalue weighted by atomic mass is 16.7. The van der Waals surface area contributed by atoms with Crippen LogP contribution in [0, 0.1) is 12.3 Å².